The number of rotatable bonds is 3. The minimum absolute atomic E-state index is 0.335. The van der Waals surface area contributed by atoms with E-state index in [2.05, 4.69) is 10.6 Å². The van der Waals surface area contributed by atoms with Crippen LogP contribution in [0.25, 0.3) is 0 Å². The van der Waals surface area contributed by atoms with Crippen LogP contribution in [0.3, 0.4) is 0 Å². The number of nitrogens with one attached hydrogen (secondary N) is 2. The van der Waals surface area contributed by atoms with Gasteiger partial charge in [-0.05, 0) is 69.6 Å². The Kier molecular flexibility index (Phi) is 5.02. The summed E-state index contributed by atoms with van der Waals surface area (Å²) in [6.45, 7) is 8.03. The standard InChI is InChI=1S/C19H22BClN2O3/c1-18(2)19(3,4)26-20(25-18)13-6-5-7-16(12-13)23-17(24)22-15-10-8-14(21)9-11-15/h5-12H,1-4H3,(H2,22,23,24). The summed E-state index contributed by atoms with van der Waals surface area (Å²) in [6.07, 6.45) is 0. The van der Waals surface area contributed by atoms with Crippen LogP contribution in [0.4, 0.5) is 16.2 Å². The lowest BCUT2D eigenvalue weighted by Crippen LogP contribution is -2.41. The van der Waals surface area contributed by atoms with Gasteiger partial charge in [0.1, 0.15) is 0 Å². The topological polar surface area (TPSA) is 59.6 Å². The highest BCUT2D eigenvalue weighted by molar-refractivity contribution is 6.62. The predicted molar refractivity (Wildman–Crippen MR) is 106 cm³/mol. The largest absolute Gasteiger partial charge is 0.494 e. The van der Waals surface area contributed by atoms with Crippen molar-refractivity contribution >= 4 is 41.6 Å². The molecule has 2 N–H and O–H groups in total. The van der Waals surface area contributed by atoms with Crippen molar-refractivity contribution < 1.29 is 14.1 Å². The van der Waals surface area contributed by atoms with E-state index in [4.69, 9.17) is 20.9 Å². The summed E-state index contributed by atoms with van der Waals surface area (Å²) in [5, 5.41) is 6.19. The molecule has 2 amide bonds. The van der Waals surface area contributed by atoms with Crippen molar-refractivity contribution in [3.05, 3.63) is 53.6 Å². The predicted octanol–water partition coefficient (Wildman–Crippen LogP) is 4.28. The fourth-order valence-electron chi connectivity index (χ4n) is 2.57. The van der Waals surface area contributed by atoms with Gasteiger partial charge < -0.3 is 19.9 Å². The summed E-state index contributed by atoms with van der Waals surface area (Å²) in [6, 6.07) is 14.0. The third-order valence-corrected chi connectivity index (χ3v) is 5.02. The van der Waals surface area contributed by atoms with Gasteiger partial charge in [-0.25, -0.2) is 4.79 Å². The third kappa shape index (κ3) is 4.03. The van der Waals surface area contributed by atoms with Gasteiger partial charge in [-0.15, -0.1) is 0 Å². The number of hydrogen-bond donors (Lipinski definition) is 2. The Balaban J connectivity index is 1.68. The molecule has 5 nitrogen and oxygen atoms in total. The molecular formula is C19H22BClN2O3. The highest BCUT2D eigenvalue weighted by Crippen LogP contribution is 2.36. The zero-order valence-corrected chi connectivity index (χ0v) is 16.1. The number of hydrogen-bond acceptors (Lipinski definition) is 3. The molecule has 0 bridgehead atoms. The molecule has 0 atom stereocenters. The van der Waals surface area contributed by atoms with E-state index >= 15 is 0 Å². The molecule has 1 fully saturated rings. The van der Waals surface area contributed by atoms with E-state index in [9.17, 15) is 4.79 Å². The van der Waals surface area contributed by atoms with E-state index < -0.39 is 18.3 Å². The fourth-order valence-corrected chi connectivity index (χ4v) is 2.69. The Labute approximate surface area is 159 Å². The maximum Gasteiger partial charge on any atom is 0.494 e. The Morgan fingerprint density at radius 2 is 1.50 bits per heavy atom. The summed E-state index contributed by atoms with van der Waals surface area (Å²) in [4.78, 5) is 12.2. The smallest absolute Gasteiger partial charge is 0.399 e. The van der Waals surface area contributed by atoms with Gasteiger partial charge in [-0.2, -0.15) is 0 Å². The van der Waals surface area contributed by atoms with Crippen LogP contribution in [-0.4, -0.2) is 24.4 Å². The molecule has 1 aliphatic heterocycles. The quantitative estimate of drug-likeness (QED) is 0.790. The average molecular weight is 373 g/mol. The van der Waals surface area contributed by atoms with Gasteiger partial charge in [0.25, 0.3) is 0 Å². The molecule has 1 aliphatic rings. The van der Waals surface area contributed by atoms with Crippen LogP contribution in [0.2, 0.25) is 5.02 Å². The summed E-state index contributed by atoms with van der Waals surface area (Å²) < 4.78 is 12.1. The lowest BCUT2D eigenvalue weighted by molar-refractivity contribution is 0.00578. The minimum atomic E-state index is -0.471. The van der Waals surface area contributed by atoms with Crippen molar-refractivity contribution in [2.75, 3.05) is 10.6 Å². The van der Waals surface area contributed by atoms with Crippen molar-refractivity contribution in [2.24, 2.45) is 0 Å². The van der Waals surface area contributed by atoms with Gasteiger partial charge in [-0.1, -0.05) is 23.7 Å². The number of carbonyl (C=O) groups excluding carboxylic acids is 1. The van der Waals surface area contributed by atoms with Crippen LogP contribution >= 0.6 is 11.6 Å². The van der Waals surface area contributed by atoms with Crippen LogP contribution < -0.4 is 16.1 Å². The van der Waals surface area contributed by atoms with Crippen LogP contribution in [-0.2, 0) is 9.31 Å². The number of urea groups is 1. The van der Waals surface area contributed by atoms with E-state index in [1.54, 1.807) is 24.3 Å². The first-order chi connectivity index (χ1) is 12.2. The van der Waals surface area contributed by atoms with Crippen molar-refractivity contribution in [3.8, 4) is 0 Å². The summed E-state index contributed by atoms with van der Waals surface area (Å²) in [7, 11) is -0.471. The van der Waals surface area contributed by atoms with Crippen LogP contribution in [0.1, 0.15) is 27.7 Å². The highest BCUT2D eigenvalue weighted by atomic mass is 35.5. The molecule has 0 spiro atoms. The Hall–Kier alpha value is -2.02. The monoisotopic (exact) mass is 372 g/mol. The second-order valence-electron chi connectivity index (χ2n) is 7.30. The maximum absolute atomic E-state index is 12.2. The zero-order chi connectivity index (χ0) is 18.9. The van der Waals surface area contributed by atoms with Crippen molar-refractivity contribution in [1.29, 1.82) is 0 Å². The first-order valence-corrected chi connectivity index (χ1v) is 8.83. The summed E-state index contributed by atoms with van der Waals surface area (Å²) in [5.41, 5.74) is 1.35. The molecule has 0 unspecified atom stereocenters. The van der Waals surface area contributed by atoms with Crippen molar-refractivity contribution in [1.82, 2.24) is 0 Å². The van der Waals surface area contributed by atoms with Gasteiger partial charge in [0, 0.05) is 16.4 Å². The van der Waals surface area contributed by atoms with Gasteiger partial charge >= 0.3 is 13.1 Å². The molecule has 2 aromatic carbocycles. The zero-order valence-electron chi connectivity index (χ0n) is 15.3. The first kappa shape index (κ1) is 18.8. The van der Waals surface area contributed by atoms with E-state index in [1.165, 1.54) is 0 Å². The normalized spacial score (nSPS) is 17.8. The molecule has 7 heteroatoms. The van der Waals surface area contributed by atoms with Crippen LogP contribution in [0, 0.1) is 0 Å². The van der Waals surface area contributed by atoms with Gasteiger partial charge in [0.05, 0.1) is 11.2 Å². The molecule has 0 aromatic heterocycles. The Morgan fingerprint density at radius 1 is 0.923 bits per heavy atom. The second kappa shape index (κ2) is 6.95. The van der Waals surface area contributed by atoms with Crippen LogP contribution in [0.5, 0.6) is 0 Å². The molecule has 2 aromatic rings. The molecular weight excluding hydrogens is 350 g/mol. The van der Waals surface area contributed by atoms with Crippen LogP contribution in [0.15, 0.2) is 48.5 Å². The van der Waals surface area contributed by atoms with E-state index in [-0.39, 0.29) is 6.03 Å². The van der Waals surface area contributed by atoms with E-state index in [1.807, 2.05) is 52.0 Å². The highest BCUT2D eigenvalue weighted by Gasteiger charge is 2.51. The molecule has 1 saturated heterocycles. The molecule has 0 radical (unpaired) electrons. The second-order valence-corrected chi connectivity index (χ2v) is 7.74. The van der Waals surface area contributed by atoms with Crippen molar-refractivity contribution in [2.45, 2.75) is 38.9 Å². The lowest BCUT2D eigenvalue weighted by Gasteiger charge is -2.32. The van der Waals surface area contributed by atoms with E-state index in [0.717, 1.165) is 5.46 Å². The molecule has 136 valence electrons. The average Bonchev–Trinajstić information content (AvgIpc) is 2.78. The van der Waals surface area contributed by atoms with Gasteiger partial charge in [0.2, 0.25) is 0 Å². The summed E-state index contributed by atoms with van der Waals surface area (Å²) in [5.74, 6) is 0. The van der Waals surface area contributed by atoms with Gasteiger partial charge in [0.15, 0.2) is 0 Å². The molecule has 0 aliphatic carbocycles. The molecule has 0 saturated carbocycles. The maximum atomic E-state index is 12.2. The number of amides is 2. The van der Waals surface area contributed by atoms with Crippen molar-refractivity contribution in [3.63, 3.8) is 0 Å². The lowest BCUT2D eigenvalue weighted by atomic mass is 9.79. The number of benzene rings is 2. The third-order valence-electron chi connectivity index (χ3n) is 4.77. The molecule has 3 rings (SSSR count). The minimum Gasteiger partial charge on any atom is -0.399 e. The van der Waals surface area contributed by atoms with Gasteiger partial charge in [-0.3, -0.25) is 0 Å². The fraction of sp³-hybridized carbons (Fsp3) is 0.316. The SMILES string of the molecule is CC1(C)OB(c2cccc(NC(=O)Nc3ccc(Cl)cc3)c2)OC1(C)C. The first-order valence-electron chi connectivity index (χ1n) is 8.45. The molecule has 26 heavy (non-hydrogen) atoms. The number of anilines is 2. The van der Waals surface area contributed by atoms with E-state index in [0.29, 0.717) is 16.4 Å². The Morgan fingerprint density at radius 3 is 2.12 bits per heavy atom. The number of halogens is 1. The number of carbonyl (C=O) groups is 1. The summed E-state index contributed by atoms with van der Waals surface area (Å²) >= 11 is 5.85. The Bertz CT molecular complexity index is 793. The molecule has 1 heterocycles.